The molecule has 0 aromatic heterocycles. The van der Waals surface area contributed by atoms with Crippen LogP contribution in [0.25, 0.3) is 0 Å². The number of nitrogens with zero attached hydrogens (tertiary/aromatic N) is 1. The van der Waals surface area contributed by atoms with Crippen LogP contribution in [0.2, 0.25) is 0 Å². The minimum Gasteiger partial charge on any atom is -0.497 e. The third-order valence-corrected chi connectivity index (χ3v) is 4.07. The lowest BCUT2D eigenvalue weighted by atomic mass is 10.1. The molecule has 0 spiro atoms. The fraction of sp³-hybridized carbons (Fsp3) is 0.300. The minimum atomic E-state index is -0.322. The summed E-state index contributed by atoms with van der Waals surface area (Å²) in [6.07, 6.45) is 0. The lowest BCUT2D eigenvalue weighted by molar-refractivity contribution is 0.0772. The lowest BCUT2D eigenvalue weighted by Crippen LogP contribution is -2.30. The van der Waals surface area contributed by atoms with Crippen molar-refractivity contribution in [2.75, 3.05) is 32.6 Å². The Labute approximate surface area is 153 Å². The van der Waals surface area contributed by atoms with Crippen LogP contribution in [0.4, 0.5) is 5.69 Å². The Morgan fingerprint density at radius 3 is 2.35 bits per heavy atom. The number of amides is 2. The molecule has 6 nitrogen and oxygen atoms in total. The Morgan fingerprint density at radius 1 is 1.00 bits per heavy atom. The summed E-state index contributed by atoms with van der Waals surface area (Å²) in [5.41, 5.74) is 1.47. The van der Waals surface area contributed by atoms with E-state index >= 15 is 0 Å². The second kappa shape index (κ2) is 8.89. The molecule has 0 bridgehead atoms. The SMILES string of the molecule is CCN(CC)C(=O)c1cccc(NC(=O)c2ccc(OC)cc2OC)c1. The monoisotopic (exact) mass is 356 g/mol. The second-order valence-electron chi connectivity index (χ2n) is 5.58. The maximum atomic E-state index is 12.6. The summed E-state index contributed by atoms with van der Waals surface area (Å²) in [6.45, 7) is 5.13. The van der Waals surface area contributed by atoms with Crippen molar-refractivity contribution in [1.29, 1.82) is 0 Å². The molecule has 0 saturated heterocycles. The number of carbonyl (C=O) groups is 2. The van der Waals surface area contributed by atoms with Crippen LogP contribution in [0.1, 0.15) is 34.6 Å². The first-order valence-corrected chi connectivity index (χ1v) is 8.46. The lowest BCUT2D eigenvalue weighted by Gasteiger charge is -2.19. The molecule has 0 fully saturated rings. The number of carbonyl (C=O) groups excluding carboxylic acids is 2. The maximum absolute atomic E-state index is 12.6. The van der Waals surface area contributed by atoms with Crippen molar-refractivity contribution in [3.05, 3.63) is 53.6 Å². The Balaban J connectivity index is 2.22. The first-order chi connectivity index (χ1) is 12.5. The topological polar surface area (TPSA) is 67.9 Å². The first-order valence-electron chi connectivity index (χ1n) is 8.46. The number of anilines is 1. The number of hydrogen-bond acceptors (Lipinski definition) is 4. The molecule has 26 heavy (non-hydrogen) atoms. The van der Waals surface area contributed by atoms with Crippen LogP contribution in [0.15, 0.2) is 42.5 Å². The standard InChI is InChI=1S/C20H24N2O4/c1-5-22(6-2)20(24)14-8-7-9-15(12-14)21-19(23)17-11-10-16(25-3)13-18(17)26-4/h7-13H,5-6H2,1-4H3,(H,21,23). The van der Waals surface area contributed by atoms with Crippen LogP contribution < -0.4 is 14.8 Å². The summed E-state index contributed by atoms with van der Waals surface area (Å²) in [6, 6.07) is 11.9. The van der Waals surface area contributed by atoms with Gasteiger partial charge in [0.05, 0.1) is 19.8 Å². The fourth-order valence-electron chi connectivity index (χ4n) is 2.61. The Kier molecular flexibility index (Phi) is 6.60. The van der Waals surface area contributed by atoms with Gasteiger partial charge in [-0.15, -0.1) is 0 Å². The van der Waals surface area contributed by atoms with E-state index in [9.17, 15) is 9.59 Å². The zero-order valence-electron chi connectivity index (χ0n) is 15.5. The summed E-state index contributed by atoms with van der Waals surface area (Å²) in [5, 5.41) is 2.81. The van der Waals surface area contributed by atoms with E-state index in [1.54, 1.807) is 54.5 Å². The Morgan fingerprint density at radius 2 is 1.73 bits per heavy atom. The van der Waals surface area contributed by atoms with Gasteiger partial charge in [0.1, 0.15) is 11.5 Å². The van der Waals surface area contributed by atoms with Crippen molar-refractivity contribution in [3.63, 3.8) is 0 Å². The molecule has 2 amide bonds. The third kappa shape index (κ3) is 4.33. The highest BCUT2D eigenvalue weighted by Gasteiger charge is 2.16. The third-order valence-electron chi connectivity index (χ3n) is 4.07. The molecule has 1 N–H and O–H groups in total. The van der Waals surface area contributed by atoms with Gasteiger partial charge in [0.15, 0.2) is 0 Å². The molecule has 138 valence electrons. The van der Waals surface area contributed by atoms with Crippen molar-refractivity contribution < 1.29 is 19.1 Å². The van der Waals surface area contributed by atoms with Crippen molar-refractivity contribution in [3.8, 4) is 11.5 Å². The van der Waals surface area contributed by atoms with Crippen LogP contribution in [0.5, 0.6) is 11.5 Å². The summed E-state index contributed by atoms with van der Waals surface area (Å²) < 4.78 is 10.4. The van der Waals surface area contributed by atoms with E-state index in [2.05, 4.69) is 5.32 Å². The minimum absolute atomic E-state index is 0.0619. The van der Waals surface area contributed by atoms with E-state index in [-0.39, 0.29) is 11.8 Å². The molecule has 6 heteroatoms. The van der Waals surface area contributed by atoms with Crippen LogP contribution in [0, 0.1) is 0 Å². The van der Waals surface area contributed by atoms with Crippen molar-refractivity contribution in [2.45, 2.75) is 13.8 Å². The molecular weight excluding hydrogens is 332 g/mol. The Hall–Kier alpha value is -3.02. The summed E-state index contributed by atoms with van der Waals surface area (Å²) in [5.74, 6) is 0.632. The maximum Gasteiger partial charge on any atom is 0.259 e. The summed E-state index contributed by atoms with van der Waals surface area (Å²) in [7, 11) is 3.04. The molecule has 0 radical (unpaired) electrons. The van der Waals surface area contributed by atoms with Crippen LogP contribution in [-0.4, -0.2) is 44.0 Å². The highest BCUT2D eigenvalue weighted by atomic mass is 16.5. The van der Waals surface area contributed by atoms with E-state index in [1.807, 2.05) is 13.8 Å². The first kappa shape index (κ1) is 19.3. The van der Waals surface area contributed by atoms with Gasteiger partial charge in [-0.2, -0.15) is 0 Å². The van der Waals surface area contributed by atoms with Crippen molar-refractivity contribution in [2.24, 2.45) is 0 Å². The van der Waals surface area contributed by atoms with Gasteiger partial charge < -0.3 is 19.7 Å². The normalized spacial score (nSPS) is 10.2. The number of ether oxygens (including phenoxy) is 2. The quantitative estimate of drug-likeness (QED) is 0.825. The van der Waals surface area contributed by atoms with Gasteiger partial charge in [-0.1, -0.05) is 6.07 Å². The molecule has 0 saturated carbocycles. The molecule has 0 aliphatic heterocycles. The van der Waals surface area contributed by atoms with Gasteiger partial charge in [-0.25, -0.2) is 0 Å². The van der Waals surface area contributed by atoms with Crippen molar-refractivity contribution in [1.82, 2.24) is 4.90 Å². The van der Waals surface area contributed by atoms with E-state index in [0.29, 0.717) is 41.4 Å². The number of hydrogen-bond donors (Lipinski definition) is 1. The van der Waals surface area contributed by atoms with E-state index < -0.39 is 0 Å². The predicted octanol–water partition coefficient (Wildman–Crippen LogP) is 3.44. The molecule has 0 unspecified atom stereocenters. The molecule has 0 aliphatic rings. The summed E-state index contributed by atoms with van der Waals surface area (Å²) in [4.78, 5) is 26.8. The van der Waals surface area contributed by atoms with Crippen LogP contribution in [-0.2, 0) is 0 Å². The van der Waals surface area contributed by atoms with E-state index in [4.69, 9.17) is 9.47 Å². The molecule has 2 aromatic rings. The second-order valence-corrected chi connectivity index (χ2v) is 5.58. The van der Waals surface area contributed by atoms with Gasteiger partial charge in [0.25, 0.3) is 11.8 Å². The van der Waals surface area contributed by atoms with E-state index in [0.717, 1.165) is 0 Å². The van der Waals surface area contributed by atoms with Crippen LogP contribution in [0.3, 0.4) is 0 Å². The predicted molar refractivity (Wildman–Crippen MR) is 101 cm³/mol. The molecule has 0 atom stereocenters. The number of benzene rings is 2. The smallest absolute Gasteiger partial charge is 0.259 e. The van der Waals surface area contributed by atoms with Gasteiger partial charge in [-0.05, 0) is 44.2 Å². The fourth-order valence-corrected chi connectivity index (χ4v) is 2.61. The largest absolute Gasteiger partial charge is 0.497 e. The van der Waals surface area contributed by atoms with Gasteiger partial charge >= 0.3 is 0 Å². The number of nitrogens with one attached hydrogen (secondary N) is 1. The van der Waals surface area contributed by atoms with E-state index in [1.165, 1.54) is 7.11 Å². The molecule has 2 rings (SSSR count). The van der Waals surface area contributed by atoms with Gasteiger partial charge in [-0.3, -0.25) is 9.59 Å². The van der Waals surface area contributed by atoms with Gasteiger partial charge in [0.2, 0.25) is 0 Å². The van der Waals surface area contributed by atoms with Crippen molar-refractivity contribution >= 4 is 17.5 Å². The molecule has 2 aromatic carbocycles. The average molecular weight is 356 g/mol. The number of rotatable bonds is 7. The van der Waals surface area contributed by atoms with Gasteiger partial charge in [0, 0.05) is 30.4 Å². The molecule has 0 aliphatic carbocycles. The number of methoxy groups -OCH3 is 2. The zero-order chi connectivity index (χ0) is 19.1. The highest BCUT2D eigenvalue weighted by Crippen LogP contribution is 2.25. The zero-order valence-corrected chi connectivity index (χ0v) is 15.5. The Bertz CT molecular complexity index is 785. The average Bonchev–Trinajstić information content (AvgIpc) is 2.68. The summed E-state index contributed by atoms with van der Waals surface area (Å²) >= 11 is 0. The highest BCUT2D eigenvalue weighted by molar-refractivity contribution is 6.07. The van der Waals surface area contributed by atoms with Crippen LogP contribution >= 0.6 is 0 Å². The molecule has 0 heterocycles. The molecular formula is C20H24N2O4.